The number of carbonyl (C=O) groups is 1. The first kappa shape index (κ1) is 19.5. The van der Waals surface area contributed by atoms with Gasteiger partial charge in [0.15, 0.2) is 0 Å². The Kier molecular flexibility index (Phi) is 6.84. The van der Waals surface area contributed by atoms with E-state index in [1.807, 2.05) is 5.38 Å². The van der Waals surface area contributed by atoms with Crippen molar-refractivity contribution in [2.45, 2.75) is 46.1 Å². The fourth-order valence-corrected chi connectivity index (χ4v) is 5.03. The molecule has 26 heavy (non-hydrogen) atoms. The van der Waals surface area contributed by atoms with E-state index in [1.165, 1.54) is 12.8 Å². The van der Waals surface area contributed by atoms with Gasteiger partial charge in [-0.25, -0.2) is 4.98 Å². The minimum Gasteiger partial charge on any atom is -0.354 e. The van der Waals surface area contributed by atoms with Crippen LogP contribution in [0.5, 0.6) is 0 Å². The van der Waals surface area contributed by atoms with Crippen molar-refractivity contribution in [1.29, 1.82) is 0 Å². The van der Waals surface area contributed by atoms with E-state index in [-0.39, 0.29) is 5.91 Å². The zero-order valence-electron chi connectivity index (χ0n) is 15.9. The third-order valence-electron chi connectivity index (χ3n) is 5.23. The molecular weight excluding hydrogens is 362 g/mol. The monoisotopic (exact) mass is 391 g/mol. The number of hydrogen-bond donors (Lipinski definition) is 1. The van der Waals surface area contributed by atoms with Gasteiger partial charge in [-0.05, 0) is 49.2 Å². The number of carbonyl (C=O) groups excluding carboxylic acids is 1. The van der Waals surface area contributed by atoms with Crippen LogP contribution in [-0.2, 0) is 11.2 Å². The molecule has 1 amide bonds. The molecule has 0 bridgehead atoms. The van der Waals surface area contributed by atoms with Crippen LogP contribution in [0.4, 0.5) is 0 Å². The van der Waals surface area contributed by atoms with E-state index < -0.39 is 0 Å². The molecule has 1 N–H and O–H groups in total. The highest BCUT2D eigenvalue weighted by molar-refractivity contribution is 7.14. The second-order valence-corrected chi connectivity index (χ2v) is 9.30. The predicted molar refractivity (Wildman–Crippen MR) is 111 cm³/mol. The van der Waals surface area contributed by atoms with E-state index in [0.29, 0.717) is 18.4 Å². The largest absolute Gasteiger partial charge is 0.354 e. The van der Waals surface area contributed by atoms with E-state index >= 15 is 0 Å². The Morgan fingerprint density at radius 3 is 2.77 bits per heavy atom. The lowest BCUT2D eigenvalue weighted by Gasteiger charge is -2.38. The normalized spacial score (nSPS) is 17.5. The van der Waals surface area contributed by atoms with Crippen molar-refractivity contribution in [2.75, 3.05) is 19.6 Å². The van der Waals surface area contributed by atoms with Crippen LogP contribution < -0.4 is 5.32 Å². The van der Waals surface area contributed by atoms with E-state index in [9.17, 15) is 4.79 Å². The number of thiophene rings is 1. The van der Waals surface area contributed by atoms with Crippen LogP contribution in [-0.4, -0.2) is 41.5 Å². The lowest BCUT2D eigenvalue weighted by molar-refractivity contribution is -0.120. The van der Waals surface area contributed by atoms with Gasteiger partial charge in [-0.3, -0.25) is 9.69 Å². The summed E-state index contributed by atoms with van der Waals surface area (Å²) in [6.45, 7) is 9.87. The quantitative estimate of drug-likeness (QED) is 0.766. The molecule has 2 aromatic heterocycles. The Labute approximate surface area is 164 Å². The summed E-state index contributed by atoms with van der Waals surface area (Å²) in [4.78, 5) is 19.6. The van der Waals surface area contributed by atoms with Gasteiger partial charge in [0.1, 0.15) is 5.01 Å². The number of nitrogens with one attached hydrogen (secondary N) is 1. The topological polar surface area (TPSA) is 45.2 Å². The van der Waals surface area contributed by atoms with Crippen molar-refractivity contribution in [1.82, 2.24) is 15.2 Å². The minimum atomic E-state index is 0.0724. The van der Waals surface area contributed by atoms with Crippen molar-refractivity contribution in [3.05, 3.63) is 27.9 Å². The summed E-state index contributed by atoms with van der Waals surface area (Å²) in [7, 11) is 0. The highest BCUT2D eigenvalue weighted by Gasteiger charge is 2.26. The number of nitrogens with zero attached hydrogens (tertiary/aromatic N) is 2. The molecule has 1 aliphatic rings. The molecule has 1 unspecified atom stereocenters. The van der Waals surface area contributed by atoms with E-state index in [2.05, 4.69) is 52.8 Å². The van der Waals surface area contributed by atoms with Crippen LogP contribution in [0, 0.1) is 11.8 Å². The van der Waals surface area contributed by atoms with Gasteiger partial charge in [0.2, 0.25) is 5.91 Å². The fourth-order valence-electron chi connectivity index (χ4n) is 3.50. The highest BCUT2D eigenvalue weighted by Crippen LogP contribution is 2.26. The summed E-state index contributed by atoms with van der Waals surface area (Å²) in [5, 5.41) is 10.3. The van der Waals surface area contributed by atoms with Crippen molar-refractivity contribution < 1.29 is 4.79 Å². The van der Waals surface area contributed by atoms with Crippen LogP contribution in [0.15, 0.2) is 22.2 Å². The maximum atomic E-state index is 12.4. The summed E-state index contributed by atoms with van der Waals surface area (Å²) in [5.74, 6) is 1.44. The molecule has 4 nitrogen and oxygen atoms in total. The standard InChI is InChI=1S/C20H29N3OS2/c1-14(2)18(23-7-4-15(3)5-8-23)11-21-19(24)10-17-13-26-20(22-17)16-6-9-25-12-16/h6,9,12-15,18H,4-5,7-8,10-11H2,1-3H3,(H,21,24). The Hall–Kier alpha value is -1.24. The van der Waals surface area contributed by atoms with Crippen molar-refractivity contribution in [3.8, 4) is 10.6 Å². The highest BCUT2D eigenvalue weighted by atomic mass is 32.1. The first-order valence-corrected chi connectivity index (χ1v) is 11.3. The molecule has 1 atom stereocenters. The van der Waals surface area contributed by atoms with Crippen LogP contribution in [0.2, 0.25) is 0 Å². The third-order valence-corrected chi connectivity index (χ3v) is 6.85. The van der Waals surface area contributed by atoms with Crippen LogP contribution in [0.3, 0.4) is 0 Å². The predicted octanol–water partition coefficient (Wildman–Crippen LogP) is 4.29. The van der Waals surface area contributed by atoms with Gasteiger partial charge < -0.3 is 5.32 Å². The molecule has 3 rings (SSSR count). The first-order chi connectivity index (χ1) is 12.5. The molecule has 0 aliphatic carbocycles. The molecule has 0 saturated carbocycles. The van der Waals surface area contributed by atoms with Crippen LogP contribution in [0.25, 0.3) is 10.6 Å². The average Bonchev–Trinajstić information content (AvgIpc) is 3.27. The molecule has 1 saturated heterocycles. The van der Waals surface area contributed by atoms with Crippen LogP contribution >= 0.6 is 22.7 Å². The maximum Gasteiger partial charge on any atom is 0.226 e. The van der Waals surface area contributed by atoms with E-state index in [1.54, 1.807) is 22.7 Å². The summed E-state index contributed by atoms with van der Waals surface area (Å²) in [5.41, 5.74) is 2.01. The SMILES string of the molecule is CC1CCN(C(CNC(=O)Cc2csc(-c3ccsc3)n2)C(C)C)CC1. The van der Waals surface area contributed by atoms with Gasteiger partial charge in [-0.1, -0.05) is 20.8 Å². The van der Waals surface area contributed by atoms with Gasteiger partial charge in [0, 0.05) is 28.9 Å². The zero-order valence-corrected chi connectivity index (χ0v) is 17.5. The number of piperidine rings is 1. The molecule has 0 aromatic carbocycles. The molecule has 0 radical (unpaired) electrons. The lowest BCUT2D eigenvalue weighted by atomic mass is 9.94. The number of amides is 1. The Balaban J connectivity index is 1.50. The number of rotatable bonds is 7. The summed E-state index contributed by atoms with van der Waals surface area (Å²) in [6.07, 6.45) is 2.89. The molecule has 0 spiro atoms. The van der Waals surface area contributed by atoms with E-state index in [0.717, 1.165) is 41.8 Å². The van der Waals surface area contributed by atoms with Crippen molar-refractivity contribution in [3.63, 3.8) is 0 Å². The van der Waals surface area contributed by atoms with E-state index in [4.69, 9.17) is 0 Å². The number of likely N-dealkylation sites (tertiary alicyclic amines) is 1. The van der Waals surface area contributed by atoms with Gasteiger partial charge in [-0.15, -0.1) is 11.3 Å². The summed E-state index contributed by atoms with van der Waals surface area (Å²) in [6, 6.07) is 2.49. The van der Waals surface area contributed by atoms with Crippen molar-refractivity contribution >= 4 is 28.6 Å². The molecule has 6 heteroatoms. The van der Waals surface area contributed by atoms with Gasteiger partial charge in [0.25, 0.3) is 0 Å². The molecule has 3 heterocycles. The number of thiazole rings is 1. The first-order valence-electron chi connectivity index (χ1n) is 9.50. The molecule has 1 fully saturated rings. The van der Waals surface area contributed by atoms with Gasteiger partial charge in [-0.2, -0.15) is 11.3 Å². The second kappa shape index (κ2) is 9.11. The van der Waals surface area contributed by atoms with Gasteiger partial charge in [0.05, 0.1) is 12.1 Å². The fraction of sp³-hybridized carbons (Fsp3) is 0.600. The molecule has 2 aromatic rings. The smallest absolute Gasteiger partial charge is 0.226 e. The maximum absolute atomic E-state index is 12.4. The number of hydrogen-bond acceptors (Lipinski definition) is 5. The molecule has 1 aliphatic heterocycles. The van der Waals surface area contributed by atoms with Gasteiger partial charge >= 0.3 is 0 Å². The zero-order chi connectivity index (χ0) is 18.5. The average molecular weight is 392 g/mol. The minimum absolute atomic E-state index is 0.0724. The number of aromatic nitrogens is 1. The van der Waals surface area contributed by atoms with Crippen LogP contribution in [0.1, 0.15) is 39.3 Å². The Bertz CT molecular complexity index is 688. The molecular formula is C20H29N3OS2. The summed E-state index contributed by atoms with van der Waals surface area (Å²) >= 11 is 3.28. The Morgan fingerprint density at radius 1 is 1.35 bits per heavy atom. The Morgan fingerprint density at radius 2 is 2.12 bits per heavy atom. The summed E-state index contributed by atoms with van der Waals surface area (Å²) < 4.78 is 0. The second-order valence-electron chi connectivity index (χ2n) is 7.67. The third kappa shape index (κ3) is 5.15. The molecule has 142 valence electrons. The lowest BCUT2D eigenvalue weighted by Crippen LogP contribution is -2.49. The van der Waals surface area contributed by atoms with Crippen molar-refractivity contribution in [2.24, 2.45) is 11.8 Å².